The SMILES string of the molecule is CC1(C)CCn2c(nc(C(F)F)cc2=O)C1. The molecule has 0 aliphatic carbocycles. The number of hydrogen-bond donors (Lipinski definition) is 0. The number of fused-ring (bicyclic) bond motifs is 1. The van der Waals surface area contributed by atoms with Gasteiger partial charge < -0.3 is 0 Å². The van der Waals surface area contributed by atoms with Gasteiger partial charge in [-0.2, -0.15) is 0 Å². The quantitative estimate of drug-likeness (QED) is 0.738. The van der Waals surface area contributed by atoms with Crippen LogP contribution < -0.4 is 5.56 Å². The molecular weight excluding hydrogens is 214 g/mol. The molecule has 0 spiro atoms. The Morgan fingerprint density at radius 1 is 1.50 bits per heavy atom. The van der Waals surface area contributed by atoms with Gasteiger partial charge >= 0.3 is 0 Å². The van der Waals surface area contributed by atoms with E-state index in [1.165, 1.54) is 4.57 Å². The first-order valence-corrected chi connectivity index (χ1v) is 5.28. The third-order valence-corrected chi connectivity index (χ3v) is 2.98. The van der Waals surface area contributed by atoms with Crippen molar-refractivity contribution in [2.24, 2.45) is 5.41 Å². The monoisotopic (exact) mass is 228 g/mol. The number of rotatable bonds is 1. The van der Waals surface area contributed by atoms with E-state index in [1.807, 2.05) is 0 Å². The Morgan fingerprint density at radius 3 is 2.81 bits per heavy atom. The second-order valence-corrected chi connectivity index (χ2v) is 4.98. The predicted octanol–water partition coefficient (Wildman–Crippen LogP) is 2.15. The lowest BCUT2D eigenvalue weighted by Crippen LogP contribution is -2.35. The Bertz CT molecular complexity index is 466. The lowest BCUT2D eigenvalue weighted by Gasteiger charge is -2.31. The Hall–Kier alpha value is -1.26. The molecular formula is C11H14F2N2O. The van der Waals surface area contributed by atoms with Crippen LogP contribution in [0.2, 0.25) is 0 Å². The summed E-state index contributed by atoms with van der Waals surface area (Å²) in [5.41, 5.74) is -0.745. The van der Waals surface area contributed by atoms with E-state index in [2.05, 4.69) is 18.8 Å². The van der Waals surface area contributed by atoms with E-state index in [4.69, 9.17) is 0 Å². The fourth-order valence-corrected chi connectivity index (χ4v) is 1.99. The van der Waals surface area contributed by atoms with Crippen molar-refractivity contribution in [3.8, 4) is 0 Å². The first-order chi connectivity index (χ1) is 7.39. The topological polar surface area (TPSA) is 34.9 Å². The molecule has 0 atom stereocenters. The molecule has 1 aromatic heterocycles. The van der Waals surface area contributed by atoms with Crippen LogP contribution in [0.4, 0.5) is 8.78 Å². The van der Waals surface area contributed by atoms with Gasteiger partial charge in [-0.05, 0) is 11.8 Å². The summed E-state index contributed by atoms with van der Waals surface area (Å²) in [6.45, 7) is 4.67. The molecule has 0 unspecified atom stereocenters. The zero-order chi connectivity index (χ0) is 11.9. The van der Waals surface area contributed by atoms with E-state index in [-0.39, 0.29) is 11.0 Å². The van der Waals surface area contributed by atoms with Crippen LogP contribution in [0.3, 0.4) is 0 Å². The molecule has 3 nitrogen and oxygen atoms in total. The van der Waals surface area contributed by atoms with Gasteiger partial charge in [-0.3, -0.25) is 9.36 Å². The van der Waals surface area contributed by atoms with Crippen LogP contribution in [-0.2, 0) is 13.0 Å². The molecule has 88 valence electrons. The fourth-order valence-electron chi connectivity index (χ4n) is 1.99. The van der Waals surface area contributed by atoms with Gasteiger partial charge in [0.15, 0.2) is 0 Å². The van der Waals surface area contributed by atoms with Gasteiger partial charge in [-0.15, -0.1) is 0 Å². The van der Waals surface area contributed by atoms with Crippen molar-refractivity contribution >= 4 is 0 Å². The van der Waals surface area contributed by atoms with Crippen molar-refractivity contribution in [3.63, 3.8) is 0 Å². The highest BCUT2D eigenvalue weighted by atomic mass is 19.3. The van der Waals surface area contributed by atoms with Gasteiger partial charge in [-0.25, -0.2) is 13.8 Å². The molecule has 0 saturated heterocycles. The Kier molecular flexibility index (Phi) is 2.56. The zero-order valence-electron chi connectivity index (χ0n) is 9.33. The molecule has 0 bridgehead atoms. The van der Waals surface area contributed by atoms with Gasteiger partial charge in [0.2, 0.25) is 0 Å². The molecule has 0 N–H and O–H groups in total. The Morgan fingerprint density at radius 2 is 2.19 bits per heavy atom. The maximum Gasteiger partial charge on any atom is 0.280 e. The molecule has 5 heteroatoms. The summed E-state index contributed by atoms with van der Waals surface area (Å²) in [6.07, 6.45) is -1.23. The molecule has 0 aromatic carbocycles. The van der Waals surface area contributed by atoms with E-state index in [9.17, 15) is 13.6 Å². The highest BCUT2D eigenvalue weighted by Crippen LogP contribution is 2.30. The minimum atomic E-state index is -2.68. The number of hydrogen-bond acceptors (Lipinski definition) is 2. The van der Waals surface area contributed by atoms with E-state index < -0.39 is 12.1 Å². The molecule has 1 aliphatic rings. The minimum absolute atomic E-state index is 0.0280. The van der Waals surface area contributed by atoms with E-state index >= 15 is 0 Å². The van der Waals surface area contributed by atoms with Crippen LogP contribution in [0, 0.1) is 5.41 Å². The van der Waals surface area contributed by atoms with Crippen molar-refractivity contribution in [2.75, 3.05) is 0 Å². The third kappa shape index (κ3) is 1.99. The highest BCUT2D eigenvalue weighted by molar-refractivity contribution is 5.09. The van der Waals surface area contributed by atoms with E-state index in [1.54, 1.807) is 0 Å². The number of nitrogens with zero attached hydrogens (tertiary/aromatic N) is 2. The standard InChI is InChI=1S/C11H14F2N2O/c1-11(2)3-4-15-8(6-11)14-7(10(12)13)5-9(15)16/h5,10H,3-4,6H2,1-2H3. The Labute approximate surface area is 92.1 Å². The van der Waals surface area contributed by atoms with Crippen molar-refractivity contribution in [1.82, 2.24) is 9.55 Å². The average Bonchev–Trinajstić information content (AvgIpc) is 2.14. The second kappa shape index (κ2) is 3.64. The summed E-state index contributed by atoms with van der Waals surface area (Å²) in [7, 11) is 0. The van der Waals surface area contributed by atoms with Crippen molar-refractivity contribution in [1.29, 1.82) is 0 Å². The normalized spacial score (nSPS) is 18.6. The van der Waals surface area contributed by atoms with Crippen LogP contribution in [0.15, 0.2) is 10.9 Å². The van der Waals surface area contributed by atoms with Gasteiger partial charge in [0.1, 0.15) is 11.5 Å². The van der Waals surface area contributed by atoms with E-state index in [0.717, 1.165) is 12.5 Å². The lowest BCUT2D eigenvalue weighted by molar-refractivity contribution is 0.143. The highest BCUT2D eigenvalue weighted by Gasteiger charge is 2.27. The maximum absolute atomic E-state index is 12.5. The molecule has 2 heterocycles. The summed E-state index contributed by atoms with van der Waals surface area (Å²) in [4.78, 5) is 15.5. The Balaban J connectivity index is 2.50. The summed E-state index contributed by atoms with van der Waals surface area (Å²) in [5, 5.41) is 0. The molecule has 2 rings (SSSR count). The van der Waals surface area contributed by atoms with Crippen LogP contribution in [0.5, 0.6) is 0 Å². The summed E-state index contributed by atoms with van der Waals surface area (Å²) >= 11 is 0. The average molecular weight is 228 g/mol. The van der Waals surface area contributed by atoms with Crippen LogP contribution >= 0.6 is 0 Å². The first kappa shape index (κ1) is 11.2. The number of aromatic nitrogens is 2. The predicted molar refractivity (Wildman–Crippen MR) is 55.6 cm³/mol. The molecule has 0 radical (unpaired) electrons. The lowest BCUT2D eigenvalue weighted by atomic mass is 9.83. The maximum atomic E-state index is 12.5. The smallest absolute Gasteiger partial charge is 0.280 e. The summed E-state index contributed by atoms with van der Waals surface area (Å²) in [5.74, 6) is 0.485. The van der Waals surface area contributed by atoms with Gasteiger partial charge in [0, 0.05) is 19.0 Å². The minimum Gasteiger partial charge on any atom is -0.297 e. The van der Waals surface area contributed by atoms with Crippen molar-refractivity contribution < 1.29 is 8.78 Å². The largest absolute Gasteiger partial charge is 0.297 e. The van der Waals surface area contributed by atoms with Crippen LogP contribution in [-0.4, -0.2) is 9.55 Å². The second-order valence-electron chi connectivity index (χ2n) is 4.98. The van der Waals surface area contributed by atoms with Crippen molar-refractivity contribution in [3.05, 3.63) is 27.9 Å². The number of alkyl halides is 2. The summed E-state index contributed by atoms with van der Waals surface area (Å²) < 4.78 is 26.5. The summed E-state index contributed by atoms with van der Waals surface area (Å²) in [6, 6.07) is 0.937. The van der Waals surface area contributed by atoms with Crippen LogP contribution in [0.1, 0.15) is 38.2 Å². The molecule has 1 aromatic rings. The van der Waals surface area contributed by atoms with Crippen molar-refractivity contribution in [2.45, 2.75) is 39.7 Å². The molecule has 16 heavy (non-hydrogen) atoms. The molecule has 0 fully saturated rings. The molecule has 1 aliphatic heterocycles. The fraction of sp³-hybridized carbons (Fsp3) is 0.636. The van der Waals surface area contributed by atoms with Gasteiger partial charge in [-0.1, -0.05) is 13.8 Å². The van der Waals surface area contributed by atoms with Gasteiger partial charge in [0.05, 0.1) is 0 Å². The number of halogens is 2. The first-order valence-electron chi connectivity index (χ1n) is 5.28. The van der Waals surface area contributed by atoms with Crippen LogP contribution in [0.25, 0.3) is 0 Å². The van der Waals surface area contributed by atoms with E-state index in [0.29, 0.717) is 18.8 Å². The van der Waals surface area contributed by atoms with Gasteiger partial charge in [0.25, 0.3) is 12.0 Å². The zero-order valence-corrected chi connectivity index (χ0v) is 9.33. The molecule has 0 saturated carbocycles. The third-order valence-electron chi connectivity index (χ3n) is 2.98. The molecule has 0 amide bonds.